The number of esters is 1. The molecule has 0 aliphatic carbocycles. The molecular weight excluding hydrogens is 303 g/mol. The van der Waals surface area contributed by atoms with Crippen LogP contribution >= 0.6 is 7.60 Å². The lowest BCUT2D eigenvalue weighted by molar-refractivity contribution is -0.134. The van der Waals surface area contributed by atoms with Gasteiger partial charge in [-0.2, -0.15) is 0 Å². The predicted molar refractivity (Wildman–Crippen MR) is 86.6 cm³/mol. The van der Waals surface area contributed by atoms with Crippen molar-refractivity contribution in [1.29, 1.82) is 0 Å². The fraction of sp³-hybridized carbons (Fsp3) is 0.562. The fourth-order valence-electron chi connectivity index (χ4n) is 2.05. The van der Waals surface area contributed by atoms with E-state index in [0.29, 0.717) is 5.75 Å². The number of hydrogen-bond acceptors (Lipinski definition) is 5. The molecule has 1 atom stereocenters. The second-order valence-corrected chi connectivity index (χ2v) is 8.84. The minimum Gasteiger partial charge on any atom is -0.426 e. The van der Waals surface area contributed by atoms with Crippen molar-refractivity contribution in [2.75, 3.05) is 14.2 Å². The van der Waals surface area contributed by atoms with Crippen LogP contribution in [0.1, 0.15) is 38.8 Å². The Morgan fingerprint density at radius 1 is 1.18 bits per heavy atom. The lowest BCUT2D eigenvalue weighted by Crippen LogP contribution is -2.26. The van der Waals surface area contributed by atoms with Crippen LogP contribution in [-0.4, -0.2) is 25.8 Å². The summed E-state index contributed by atoms with van der Waals surface area (Å²) in [5, 5.41) is 0. The van der Waals surface area contributed by atoms with Crippen LogP contribution in [0.5, 0.6) is 5.75 Å². The first-order valence-electron chi connectivity index (χ1n) is 7.09. The molecule has 0 amide bonds. The summed E-state index contributed by atoms with van der Waals surface area (Å²) in [7, 11) is -1.00. The summed E-state index contributed by atoms with van der Waals surface area (Å²) in [5.41, 5.74) is 0.697. The fourth-order valence-corrected chi connectivity index (χ4v) is 3.14. The van der Waals surface area contributed by atoms with Crippen molar-refractivity contribution in [2.24, 2.45) is 0 Å². The second kappa shape index (κ2) is 6.95. The van der Waals surface area contributed by atoms with Crippen molar-refractivity contribution in [3.05, 3.63) is 29.3 Å². The van der Waals surface area contributed by atoms with Crippen LogP contribution < -0.4 is 4.74 Å². The van der Waals surface area contributed by atoms with Gasteiger partial charge in [0.25, 0.3) is 0 Å². The zero-order chi connectivity index (χ0) is 17.1. The summed E-state index contributed by atoms with van der Waals surface area (Å²) < 4.78 is 27.5. The average Bonchev–Trinajstić information content (AvgIpc) is 2.44. The van der Waals surface area contributed by atoms with E-state index in [4.69, 9.17) is 13.8 Å². The highest BCUT2D eigenvalue weighted by Gasteiger charge is 2.38. The number of benzene rings is 1. The number of aryl methyl sites for hydroxylation is 1. The lowest BCUT2D eigenvalue weighted by Gasteiger charge is -2.24. The number of rotatable bonds is 5. The molecule has 0 spiro atoms. The van der Waals surface area contributed by atoms with Gasteiger partial charge in [-0.25, -0.2) is 0 Å². The Morgan fingerprint density at radius 2 is 1.73 bits per heavy atom. The van der Waals surface area contributed by atoms with Gasteiger partial charge in [-0.05, 0) is 30.9 Å². The molecule has 0 N–H and O–H groups in total. The van der Waals surface area contributed by atoms with E-state index < -0.39 is 19.2 Å². The van der Waals surface area contributed by atoms with Gasteiger partial charge in [0.05, 0.1) is 0 Å². The Hall–Kier alpha value is -1.16. The van der Waals surface area contributed by atoms with Gasteiger partial charge >= 0.3 is 13.6 Å². The van der Waals surface area contributed by atoms with E-state index in [9.17, 15) is 9.36 Å². The smallest absolute Gasteiger partial charge is 0.344 e. The maximum Gasteiger partial charge on any atom is 0.344 e. The van der Waals surface area contributed by atoms with Gasteiger partial charge in [-0.1, -0.05) is 32.9 Å². The van der Waals surface area contributed by atoms with E-state index >= 15 is 0 Å². The van der Waals surface area contributed by atoms with Crippen LogP contribution in [0.3, 0.4) is 0 Å². The van der Waals surface area contributed by atoms with E-state index in [-0.39, 0.29) is 5.41 Å². The van der Waals surface area contributed by atoms with Gasteiger partial charge in [-0.15, -0.1) is 0 Å². The van der Waals surface area contributed by atoms with Crippen LogP contribution in [0.25, 0.3) is 0 Å². The number of carbonyl (C=O) groups excluding carboxylic acids is 1. The van der Waals surface area contributed by atoms with Gasteiger partial charge in [0.1, 0.15) is 5.75 Å². The molecule has 0 heterocycles. The van der Waals surface area contributed by atoms with E-state index in [2.05, 4.69) is 0 Å². The van der Waals surface area contributed by atoms with E-state index in [0.717, 1.165) is 11.1 Å². The molecule has 0 saturated heterocycles. The highest BCUT2D eigenvalue weighted by atomic mass is 31.2. The molecule has 0 aromatic heterocycles. The molecule has 22 heavy (non-hydrogen) atoms. The third-order valence-corrected chi connectivity index (χ3v) is 5.66. The molecular formula is C16H25O5P. The van der Waals surface area contributed by atoms with Crippen LogP contribution in [0, 0.1) is 6.92 Å². The molecule has 0 saturated carbocycles. The van der Waals surface area contributed by atoms with E-state index in [1.165, 1.54) is 21.1 Å². The molecule has 0 radical (unpaired) electrons. The Morgan fingerprint density at radius 3 is 2.18 bits per heavy atom. The first-order chi connectivity index (χ1) is 10.0. The third kappa shape index (κ3) is 4.19. The molecule has 5 nitrogen and oxygen atoms in total. The monoisotopic (exact) mass is 328 g/mol. The largest absolute Gasteiger partial charge is 0.426 e. The summed E-state index contributed by atoms with van der Waals surface area (Å²) in [4.78, 5) is 12.3. The molecule has 0 aliphatic rings. The summed E-state index contributed by atoms with van der Waals surface area (Å²) >= 11 is 0. The summed E-state index contributed by atoms with van der Waals surface area (Å²) in [6, 6.07) is 5.71. The molecule has 1 aromatic rings. The first kappa shape index (κ1) is 18.9. The molecule has 124 valence electrons. The maximum absolute atomic E-state index is 12.3. The Kier molecular flexibility index (Phi) is 5.96. The third-order valence-electron chi connectivity index (χ3n) is 3.48. The molecule has 0 bridgehead atoms. The van der Waals surface area contributed by atoms with Gasteiger partial charge in [0, 0.05) is 19.8 Å². The van der Waals surface area contributed by atoms with Crippen molar-refractivity contribution in [2.45, 2.75) is 45.7 Å². The summed E-state index contributed by atoms with van der Waals surface area (Å²) in [6.45, 7) is 9.50. The molecule has 1 rings (SSSR count). The highest BCUT2D eigenvalue weighted by Crippen LogP contribution is 2.51. The first-order valence-corrected chi connectivity index (χ1v) is 8.70. The minimum atomic E-state index is -3.51. The summed E-state index contributed by atoms with van der Waals surface area (Å²) in [6.07, 6.45) is 0. The molecule has 0 aliphatic heterocycles. The van der Waals surface area contributed by atoms with Crippen molar-refractivity contribution in [3.8, 4) is 5.75 Å². The van der Waals surface area contributed by atoms with Crippen molar-refractivity contribution in [3.63, 3.8) is 0 Å². The SMILES string of the molecule is COP(=O)(OC)C(C)C(=O)Oc1cc(C)ccc1C(C)(C)C. The van der Waals surface area contributed by atoms with Gasteiger partial charge in [-0.3, -0.25) is 9.36 Å². The standard InChI is InChI=1S/C16H25O5P/c1-11-8-9-13(16(3,4)5)14(10-11)21-15(17)12(2)22(18,19-6)20-7/h8-10,12H,1-7H3. The van der Waals surface area contributed by atoms with Crippen LogP contribution in [0.4, 0.5) is 0 Å². The van der Waals surface area contributed by atoms with Gasteiger partial charge in [0.2, 0.25) is 0 Å². The number of carbonyl (C=O) groups is 1. The number of ether oxygens (including phenoxy) is 1. The zero-order valence-electron chi connectivity index (χ0n) is 14.3. The zero-order valence-corrected chi connectivity index (χ0v) is 15.2. The van der Waals surface area contributed by atoms with Crippen molar-refractivity contribution >= 4 is 13.6 Å². The maximum atomic E-state index is 12.3. The van der Waals surface area contributed by atoms with Crippen LogP contribution in [0.2, 0.25) is 0 Å². The summed E-state index contributed by atoms with van der Waals surface area (Å²) in [5.74, 6) is -0.161. The van der Waals surface area contributed by atoms with Gasteiger partial charge < -0.3 is 13.8 Å². The van der Waals surface area contributed by atoms with Gasteiger partial charge in [0.15, 0.2) is 5.66 Å². The number of hydrogen-bond donors (Lipinski definition) is 0. The predicted octanol–water partition coefficient (Wildman–Crippen LogP) is 4.07. The normalized spacial score (nSPS) is 13.8. The molecule has 0 fully saturated rings. The molecule has 1 aromatic carbocycles. The van der Waals surface area contributed by atoms with Crippen molar-refractivity contribution < 1.29 is 23.1 Å². The average molecular weight is 328 g/mol. The quantitative estimate of drug-likeness (QED) is 0.463. The molecule has 6 heteroatoms. The van der Waals surface area contributed by atoms with Crippen molar-refractivity contribution in [1.82, 2.24) is 0 Å². The van der Waals surface area contributed by atoms with Crippen LogP contribution in [0.15, 0.2) is 18.2 Å². The highest BCUT2D eigenvalue weighted by molar-refractivity contribution is 7.55. The minimum absolute atomic E-state index is 0.182. The Bertz CT molecular complexity index is 581. The Labute approximate surface area is 132 Å². The van der Waals surface area contributed by atoms with E-state index in [1.54, 1.807) is 6.07 Å². The second-order valence-electron chi connectivity index (χ2n) is 6.25. The van der Waals surface area contributed by atoms with E-state index in [1.807, 2.05) is 39.8 Å². The van der Waals surface area contributed by atoms with Crippen LogP contribution in [-0.2, 0) is 23.8 Å². The topological polar surface area (TPSA) is 61.8 Å². The molecule has 1 unspecified atom stereocenters. The lowest BCUT2D eigenvalue weighted by atomic mass is 9.86. The Balaban J connectivity index is 3.12.